The molecule has 7 heteroatoms. The van der Waals surface area contributed by atoms with Crippen molar-refractivity contribution in [2.45, 2.75) is 25.4 Å². The molecule has 0 aliphatic carbocycles. The quantitative estimate of drug-likeness (QED) is 0.895. The fraction of sp³-hybridized carbons (Fsp3) is 0.500. The van der Waals surface area contributed by atoms with E-state index in [4.69, 9.17) is 0 Å². The Morgan fingerprint density at radius 3 is 2.70 bits per heavy atom. The molecule has 1 aliphatic rings. The molecule has 2 aromatic rings. The second-order valence-electron chi connectivity index (χ2n) is 6.03. The molecule has 23 heavy (non-hydrogen) atoms. The van der Waals surface area contributed by atoms with Crippen molar-refractivity contribution in [3.05, 3.63) is 36.5 Å². The van der Waals surface area contributed by atoms with Crippen molar-refractivity contribution in [3.8, 4) is 0 Å². The van der Waals surface area contributed by atoms with Crippen LogP contribution in [0, 0.1) is 0 Å². The minimum atomic E-state index is 0.456. The summed E-state index contributed by atoms with van der Waals surface area (Å²) in [4.78, 5) is 21.6. The van der Waals surface area contributed by atoms with Gasteiger partial charge in [-0.3, -0.25) is 14.9 Å². The molecular formula is C16H23N7. The maximum atomic E-state index is 4.52. The van der Waals surface area contributed by atoms with Crippen molar-refractivity contribution in [3.63, 3.8) is 0 Å². The highest BCUT2D eigenvalue weighted by Crippen LogP contribution is 2.17. The summed E-state index contributed by atoms with van der Waals surface area (Å²) in [5.74, 6) is 1.63. The van der Waals surface area contributed by atoms with Crippen molar-refractivity contribution in [2.75, 3.05) is 37.4 Å². The molecule has 0 spiro atoms. The third kappa shape index (κ3) is 4.35. The monoisotopic (exact) mass is 313 g/mol. The average Bonchev–Trinajstić information content (AvgIpc) is 2.58. The summed E-state index contributed by atoms with van der Waals surface area (Å²) in [7, 11) is 3.90. The molecule has 7 nitrogen and oxygen atoms in total. The van der Waals surface area contributed by atoms with E-state index in [-0.39, 0.29) is 0 Å². The molecular weight excluding hydrogens is 290 g/mol. The van der Waals surface area contributed by atoms with Crippen LogP contribution in [0.5, 0.6) is 0 Å². The Labute approximate surface area is 136 Å². The minimum absolute atomic E-state index is 0.456. The Bertz CT molecular complexity index is 609. The predicted molar refractivity (Wildman–Crippen MR) is 90.3 cm³/mol. The number of aromatic nitrogens is 4. The average molecular weight is 313 g/mol. The lowest BCUT2D eigenvalue weighted by Crippen LogP contribution is -2.39. The molecule has 0 bridgehead atoms. The third-order valence-corrected chi connectivity index (χ3v) is 3.98. The number of nitrogens with zero attached hydrogens (tertiary/aromatic N) is 6. The van der Waals surface area contributed by atoms with Gasteiger partial charge in [-0.15, -0.1) is 0 Å². The third-order valence-electron chi connectivity index (χ3n) is 3.98. The van der Waals surface area contributed by atoms with Gasteiger partial charge >= 0.3 is 0 Å². The summed E-state index contributed by atoms with van der Waals surface area (Å²) in [5.41, 5.74) is 1.03. The normalized spacial score (nSPS) is 16.3. The molecule has 3 heterocycles. The van der Waals surface area contributed by atoms with Gasteiger partial charge in [0.2, 0.25) is 5.95 Å². The molecule has 1 N–H and O–H groups in total. The van der Waals surface area contributed by atoms with Gasteiger partial charge in [-0.25, -0.2) is 4.98 Å². The van der Waals surface area contributed by atoms with Crippen LogP contribution in [0.25, 0.3) is 0 Å². The zero-order valence-electron chi connectivity index (χ0n) is 13.7. The van der Waals surface area contributed by atoms with E-state index in [9.17, 15) is 0 Å². The number of nitrogens with one attached hydrogen (secondary N) is 1. The van der Waals surface area contributed by atoms with Crippen LogP contribution in [-0.2, 0) is 6.54 Å². The van der Waals surface area contributed by atoms with Crippen molar-refractivity contribution < 1.29 is 0 Å². The summed E-state index contributed by atoms with van der Waals surface area (Å²) in [6.07, 6.45) is 9.30. The van der Waals surface area contributed by atoms with Crippen molar-refractivity contribution in [1.29, 1.82) is 0 Å². The van der Waals surface area contributed by atoms with Crippen LogP contribution < -0.4 is 10.2 Å². The first-order valence-corrected chi connectivity index (χ1v) is 7.95. The predicted octanol–water partition coefficient (Wildman–Crippen LogP) is 1.41. The minimum Gasteiger partial charge on any atom is -0.367 e. The first-order chi connectivity index (χ1) is 11.2. The van der Waals surface area contributed by atoms with Gasteiger partial charge in [0.1, 0.15) is 5.82 Å². The Balaban J connectivity index is 1.50. The van der Waals surface area contributed by atoms with Gasteiger partial charge in [0, 0.05) is 64.6 Å². The van der Waals surface area contributed by atoms with Crippen LogP contribution >= 0.6 is 0 Å². The highest BCUT2D eigenvalue weighted by Gasteiger charge is 2.20. The molecule has 2 aromatic heterocycles. The SMILES string of the molecule is CN(C)c1nccc(NC2CCN(Cc3cnccn3)CC2)n1. The van der Waals surface area contributed by atoms with Crippen LogP contribution in [0.3, 0.4) is 0 Å². The van der Waals surface area contributed by atoms with Crippen molar-refractivity contribution >= 4 is 11.8 Å². The van der Waals surface area contributed by atoms with E-state index in [0.717, 1.165) is 49.9 Å². The topological polar surface area (TPSA) is 70.1 Å². The first-order valence-electron chi connectivity index (χ1n) is 7.95. The molecule has 0 amide bonds. The van der Waals surface area contributed by atoms with E-state index >= 15 is 0 Å². The summed E-state index contributed by atoms with van der Waals surface area (Å²) in [5, 5.41) is 3.53. The van der Waals surface area contributed by atoms with Crippen LogP contribution in [0.15, 0.2) is 30.9 Å². The Hall–Kier alpha value is -2.28. The van der Waals surface area contributed by atoms with E-state index in [1.165, 1.54) is 0 Å². The zero-order valence-corrected chi connectivity index (χ0v) is 13.7. The number of piperidine rings is 1. The van der Waals surface area contributed by atoms with Crippen LogP contribution in [-0.4, -0.2) is 58.1 Å². The fourth-order valence-electron chi connectivity index (χ4n) is 2.73. The molecule has 122 valence electrons. The van der Waals surface area contributed by atoms with E-state index in [1.807, 2.05) is 31.3 Å². The van der Waals surface area contributed by atoms with Crippen LogP contribution in [0.4, 0.5) is 11.8 Å². The highest BCUT2D eigenvalue weighted by atomic mass is 15.2. The number of likely N-dealkylation sites (tertiary alicyclic amines) is 1. The fourth-order valence-corrected chi connectivity index (χ4v) is 2.73. The maximum absolute atomic E-state index is 4.52. The van der Waals surface area contributed by atoms with Gasteiger partial charge in [-0.1, -0.05) is 0 Å². The van der Waals surface area contributed by atoms with Crippen LogP contribution in [0.1, 0.15) is 18.5 Å². The molecule has 1 aliphatic heterocycles. The first kappa shape index (κ1) is 15.6. The molecule has 1 fully saturated rings. The summed E-state index contributed by atoms with van der Waals surface area (Å²) < 4.78 is 0. The molecule has 1 saturated heterocycles. The molecule has 3 rings (SSSR count). The summed E-state index contributed by atoms with van der Waals surface area (Å²) in [6, 6.07) is 2.39. The van der Waals surface area contributed by atoms with E-state index in [0.29, 0.717) is 6.04 Å². The lowest BCUT2D eigenvalue weighted by atomic mass is 10.0. The Morgan fingerprint density at radius 1 is 1.17 bits per heavy atom. The molecule has 0 atom stereocenters. The number of rotatable bonds is 5. The van der Waals surface area contributed by atoms with Gasteiger partial charge in [0.15, 0.2) is 0 Å². The molecule has 0 aromatic carbocycles. The van der Waals surface area contributed by atoms with E-state index < -0.39 is 0 Å². The summed E-state index contributed by atoms with van der Waals surface area (Å²) >= 11 is 0. The van der Waals surface area contributed by atoms with Gasteiger partial charge in [-0.05, 0) is 18.9 Å². The number of anilines is 2. The summed E-state index contributed by atoms with van der Waals surface area (Å²) in [6.45, 7) is 2.98. The smallest absolute Gasteiger partial charge is 0.226 e. The molecule has 0 unspecified atom stereocenters. The lowest BCUT2D eigenvalue weighted by Gasteiger charge is -2.32. The number of hydrogen-bond acceptors (Lipinski definition) is 7. The maximum Gasteiger partial charge on any atom is 0.226 e. The van der Waals surface area contributed by atoms with Gasteiger partial charge in [-0.2, -0.15) is 4.98 Å². The lowest BCUT2D eigenvalue weighted by molar-refractivity contribution is 0.209. The Morgan fingerprint density at radius 2 is 2.00 bits per heavy atom. The van der Waals surface area contributed by atoms with Crippen molar-refractivity contribution in [1.82, 2.24) is 24.8 Å². The van der Waals surface area contributed by atoms with Crippen LogP contribution in [0.2, 0.25) is 0 Å². The largest absolute Gasteiger partial charge is 0.367 e. The van der Waals surface area contributed by atoms with E-state index in [1.54, 1.807) is 18.6 Å². The second kappa shape index (κ2) is 7.32. The van der Waals surface area contributed by atoms with Crippen molar-refractivity contribution in [2.24, 2.45) is 0 Å². The molecule has 0 saturated carbocycles. The second-order valence-corrected chi connectivity index (χ2v) is 6.03. The standard InChI is InChI=1S/C16H23N7/c1-22(2)16-19-6-3-15(21-16)20-13-4-9-23(10-5-13)12-14-11-17-7-8-18-14/h3,6-8,11,13H,4-5,9-10,12H2,1-2H3,(H,19,20,21). The van der Waals surface area contributed by atoms with Gasteiger partial charge in [0.25, 0.3) is 0 Å². The zero-order chi connectivity index (χ0) is 16.1. The Kier molecular flexibility index (Phi) is 4.97. The number of hydrogen-bond donors (Lipinski definition) is 1. The van der Waals surface area contributed by atoms with E-state index in [2.05, 4.69) is 30.2 Å². The van der Waals surface area contributed by atoms with Gasteiger partial charge in [0.05, 0.1) is 5.69 Å². The molecule has 0 radical (unpaired) electrons. The highest BCUT2D eigenvalue weighted by molar-refractivity contribution is 5.41. The van der Waals surface area contributed by atoms with Gasteiger partial charge < -0.3 is 10.2 Å².